The van der Waals surface area contributed by atoms with Crippen molar-refractivity contribution < 1.29 is 18.7 Å². The Balaban J connectivity index is 1.48. The summed E-state index contributed by atoms with van der Waals surface area (Å²) >= 11 is 12.5. The number of carbonyl (C=O) groups excluding carboxylic acids is 1. The second-order valence-electron chi connectivity index (χ2n) is 9.01. The van der Waals surface area contributed by atoms with Crippen molar-refractivity contribution >= 4 is 51.4 Å². The zero-order valence-corrected chi connectivity index (χ0v) is 21.7. The fourth-order valence-corrected chi connectivity index (χ4v) is 5.49. The summed E-state index contributed by atoms with van der Waals surface area (Å²) in [5.74, 6) is -0.0861. The molecule has 2 aliphatic rings. The number of hydrogen-bond donors (Lipinski definition) is 1. The Labute approximate surface area is 228 Å². The number of carbonyl (C=O) groups is 1. The average molecular weight is 553 g/mol. The highest BCUT2D eigenvalue weighted by molar-refractivity contribution is 6.35. The van der Waals surface area contributed by atoms with Crippen LogP contribution in [0.25, 0.3) is 22.0 Å². The normalized spacial score (nSPS) is 15.2. The number of aromatic nitrogens is 1. The smallest absolute Gasteiger partial charge is 0.273 e. The molecule has 7 nitrogen and oxygen atoms in total. The zero-order chi connectivity index (χ0) is 26.2. The van der Waals surface area contributed by atoms with Crippen LogP contribution in [0.4, 0.5) is 15.8 Å². The molecule has 4 aromatic rings. The van der Waals surface area contributed by atoms with Gasteiger partial charge in [-0.3, -0.25) is 20.2 Å². The lowest BCUT2D eigenvalue weighted by molar-refractivity contribution is 0.0943. The maximum atomic E-state index is 15.3. The van der Waals surface area contributed by atoms with Gasteiger partial charge >= 0.3 is 0 Å². The van der Waals surface area contributed by atoms with Gasteiger partial charge in [-0.05, 0) is 48.0 Å². The predicted molar refractivity (Wildman–Crippen MR) is 147 cm³/mol. The van der Waals surface area contributed by atoms with Gasteiger partial charge in [-0.2, -0.15) is 0 Å². The van der Waals surface area contributed by atoms with Crippen molar-refractivity contribution in [2.24, 2.45) is 0 Å². The van der Waals surface area contributed by atoms with Gasteiger partial charge in [0.05, 0.1) is 42.2 Å². The molecule has 1 N–H and O–H groups in total. The van der Waals surface area contributed by atoms with Crippen LogP contribution in [-0.4, -0.2) is 50.3 Å². The highest BCUT2D eigenvalue weighted by Gasteiger charge is 2.27. The van der Waals surface area contributed by atoms with E-state index in [1.54, 1.807) is 29.3 Å². The molecule has 1 amide bonds. The molecule has 10 heteroatoms. The van der Waals surface area contributed by atoms with Crippen molar-refractivity contribution in [2.45, 2.75) is 0 Å². The van der Waals surface area contributed by atoms with Crippen LogP contribution in [0.3, 0.4) is 0 Å². The molecule has 0 aliphatic carbocycles. The highest BCUT2D eigenvalue weighted by Crippen LogP contribution is 2.39. The van der Waals surface area contributed by atoms with E-state index in [1.165, 1.54) is 12.3 Å². The van der Waals surface area contributed by atoms with Gasteiger partial charge in [0, 0.05) is 40.3 Å². The second-order valence-corrected chi connectivity index (χ2v) is 9.88. The van der Waals surface area contributed by atoms with Crippen molar-refractivity contribution in [3.63, 3.8) is 0 Å². The molecule has 1 saturated heterocycles. The number of pyridine rings is 1. The Morgan fingerprint density at radius 2 is 1.74 bits per heavy atom. The van der Waals surface area contributed by atoms with E-state index < -0.39 is 5.82 Å². The number of benzene rings is 3. The van der Waals surface area contributed by atoms with E-state index in [0.29, 0.717) is 83.0 Å². The van der Waals surface area contributed by atoms with E-state index in [0.717, 1.165) is 5.69 Å². The Morgan fingerprint density at radius 1 is 0.974 bits per heavy atom. The third-order valence-corrected chi connectivity index (χ3v) is 7.08. The number of amides is 1. The summed E-state index contributed by atoms with van der Waals surface area (Å²) in [6, 6.07) is 15.5. The molecule has 0 spiro atoms. The van der Waals surface area contributed by atoms with Crippen LogP contribution < -0.4 is 20.1 Å². The van der Waals surface area contributed by atoms with Gasteiger partial charge in [-0.25, -0.2) is 4.39 Å². The molecule has 2 aliphatic heterocycles. The summed E-state index contributed by atoms with van der Waals surface area (Å²) in [6.07, 6.45) is 1.50. The molecule has 0 atom stereocenters. The molecule has 0 radical (unpaired) electrons. The van der Waals surface area contributed by atoms with Crippen molar-refractivity contribution in [3.05, 3.63) is 82.2 Å². The maximum absolute atomic E-state index is 15.3. The summed E-state index contributed by atoms with van der Waals surface area (Å²) in [4.78, 5) is 20.4. The lowest BCUT2D eigenvalue weighted by atomic mass is 9.98. The van der Waals surface area contributed by atoms with Gasteiger partial charge in [0.15, 0.2) is 0 Å². The molecule has 1 aromatic heterocycles. The first-order chi connectivity index (χ1) is 18.5. The summed E-state index contributed by atoms with van der Waals surface area (Å²) in [5, 5.41) is 3.20. The monoisotopic (exact) mass is 552 g/mol. The topological polar surface area (TPSA) is 66.9 Å². The molecule has 194 valence electrons. The number of hydrogen-bond acceptors (Lipinski definition) is 6. The van der Waals surface area contributed by atoms with Gasteiger partial charge in [-0.15, -0.1) is 0 Å². The molecule has 0 bridgehead atoms. The Kier molecular flexibility index (Phi) is 6.69. The third kappa shape index (κ3) is 4.60. The van der Waals surface area contributed by atoms with Gasteiger partial charge in [0.25, 0.3) is 5.91 Å². The SMILES string of the molecule is O=C(NN1CCOc2ccccc21)c1cnc2c(-c3cc(Cl)cc(Cl)c3)c(F)ccc2c1N1CCOCC1. The minimum Gasteiger partial charge on any atom is -0.489 e. The lowest BCUT2D eigenvalue weighted by Gasteiger charge is -2.33. The molecule has 38 heavy (non-hydrogen) atoms. The van der Waals surface area contributed by atoms with Crippen molar-refractivity contribution in [1.29, 1.82) is 0 Å². The first-order valence-electron chi connectivity index (χ1n) is 12.2. The van der Waals surface area contributed by atoms with E-state index in [9.17, 15) is 4.79 Å². The minimum atomic E-state index is -0.460. The number of rotatable bonds is 4. The Bertz CT molecular complexity index is 1520. The standard InChI is InChI=1S/C28H23Cl2FN4O3/c29-18-13-17(14-19(30)15-18)25-22(31)6-5-20-26(25)32-16-21(27(20)34-7-10-37-11-8-34)28(36)33-35-9-12-38-24-4-2-1-3-23(24)35/h1-6,13-16H,7-12H2,(H,33,36). The van der Waals surface area contributed by atoms with Gasteiger partial charge in [-0.1, -0.05) is 35.3 Å². The quantitative estimate of drug-likeness (QED) is 0.349. The number of hydrazine groups is 1. The number of nitrogens with zero attached hydrogens (tertiary/aromatic N) is 3. The Hall–Kier alpha value is -3.59. The second kappa shape index (κ2) is 10.3. The molecule has 1 fully saturated rings. The van der Waals surface area contributed by atoms with Crippen molar-refractivity contribution in [1.82, 2.24) is 10.4 Å². The minimum absolute atomic E-state index is 0.274. The first kappa shape index (κ1) is 24.7. The van der Waals surface area contributed by atoms with E-state index in [1.807, 2.05) is 24.3 Å². The van der Waals surface area contributed by atoms with Crippen molar-refractivity contribution in [2.75, 3.05) is 49.4 Å². The Morgan fingerprint density at radius 3 is 2.53 bits per heavy atom. The number of ether oxygens (including phenoxy) is 2. The fourth-order valence-electron chi connectivity index (χ4n) is 4.96. The van der Waals surface area contributed by atoms with E-state index in [2.05, 4.69) is 15.3 Å². The van der Waals surface area contributed by atoms with Crippen LogP contribution in [0.15, 0.2) is 60.8 Å². The molecule has 3 heterocycles. The van der Waals surface area contributed by atoms with Gasteiger partial charge in [0.2, 0.25) is 0 Å². The van der Waals surface area contributed by atoms with Crippen LogP contribution in [0.1, 0.15) is 10.4 Å². The maximum Gasteiger partial charge on any atom is 0.273 e. The highest BCUT2D eigenvalue weighted by atomic mass is 35.5. The van der Waals surface area contributed by atoms with Crippen LogP contribution in [0.5, 0.6) is 5.75 Å². The summed E-state index contributed by atoms with van der Waals surface area (Å²) in [5.41, 5.74) is 6.04. The number of fused-ring (bicyclic) bond motifs is 2. The summed E-state index contributed by atoms with van der Waals surface area (Å²) in [6.45, 7) is 3.11. The number of anilines is 2. The van der Waals surface area contributed by atoms with Crippen LogP contribution in [0.2, 0.25) is 10.0 Å². The average Bonchev–Trinajstić information content (AvgIpc) is 2.92. The number of nitrogens with one attached hydrogen (secondary N) is 1. The summed E-state index contributed by atoms with van der Waals surface area (Å²) in [7, 11) is 0. The molecule has 0 unspecified atom stereocenters. The third-order valence-electron chi connectivity index (χ3n) is 6.65. The first-order valence-corrected chi connectivity index (χ1v) is 13.0. The lowest BCUT2D eigenvalue weighted by Crippen LogP contribution is -2.47. The van der Waals surface area contributed by atoms with Gasteiger partial charge in [0.1, 0.15) is 18.2 Å². The molecule has 6 rings (SSSR count). The van der Waals surface area contributed by atoms with Crippen LogP contribution >= 0.6 is 23.2 Å². The number of halogens is 3. The molecular weight excluding hydrogens is 530 g/mol. The largest absolute Gasteiger partial charge is 0.489 e. The van der Waals surface area contributed by atoms with E-state index >= 15 is 4.39 Å². The van der Waals surface area contributed by atoms with E-state index in [-0.39, 0.29) is 11.5 Å². The molecular formula is C28H23Cl2FN4O3. The fraction of sp³-hybridized carbons (Fsp3) is 0.214. The van der Waals surface area contributed by atoms with Gasteiger partial charge < -0.3 is 14.4 Å². The molecule has 3 aromatic carbocycles. The number of morpholine rings is 1. The number of para-hydroxylation sites is 2. The predicted octanol–water partition coefficient (Wildman–Crippen LogP) is 5.73. The zero-order valence-electron chi connectivity index (χ0n) is 20.2. The van der Waals surface area contributed by atoms with Crippen LogP contribution in [0, 0.1) is 5.82 Å². The molecule has 0 saturated carbocycles. The van der Waals surface area contributed by atoms with E-state index in [4.69, 9.17) is 32.7 Å². The van der Waals surface area contributed by atoms with Crippen molar-refractivity contribution in [3.8, 4) is 16.9 Å². The summed E-state index contributed by atoms with van der Waals surface area (Å²) < 4.78 is 26.6. The van der Waals surface area contributed by atoms with Crippen LogP contribution in [-0.2, 0) is 4.74 Å².